The Morgan fingerprint density at radius 3 is 3.00 bits per heavy atom. The van der Waals surface area contributed by atoms with Crippen LogP contribution in [-0.4, -0.2) is 16.1 Å². The number of oxazole rings is 1. The summed E-state index contributed by atoms with van der Waals surface area (Å²) in [5.41, 5.74) is 0.691. The standard InChI is InChI=1S/C7H7NO3/c1-5(7(9)10)2-6-3-11-4-8-6/h3-4H,1-2H2,(H,9,10). The zero-order chi connectivity index (χ0) is 8.27. The van der Waals surface area contributed by atoms with E-state index in [1.54, 1.807) is 0 Å². The fourth-order valence-electron chi connectivity index (χ4n) is 0.619. The van der Waals surface area contributed by atoms with E-state index in [1.807, 2.05) is 0 Å². The summed E-state index contributed by atoms with van der Waals surface area (Å²) in [4.78, 5) is 14.0. The Hall–Kier alpha value is -1.58. The van der Waals surface area contributed by atoms with Crippen LogP contribution in [0.4, 0.5) is 0 Å². The Kier molecular flexibility index (Phi) is 2.06. The lowest BCUT2D eigenvalue weighted by Crippen LogP contribution is -2.01. The molecule has 0 spiro atoms. The summed E-state index contributed by atoms with van der Waals surface area (Å²) in [6.07, 6.45) is 2.88. The molecule has 0 saturated carbocycles. The lowest BCUT2D eigenvalue weighted by molar-refractivity contribution is -0.132. The zero-order valence-corrected chi connectivity index (χ0v) is 5.78. The van der Waals surface area contributed by atoms with E-state index < -0.39 is 5.97 Å². The van der Waals surface area contributed by atoms with Crippen LogP contribution in [0.3, 0.4) is 0 Å². The molecular weight excluding hydrogens is 146 g/mol. The summed E-state index contributed by atoms with van der Waals surface area (Å²) >= 11 is 0. The van der Waals surface area contributed by atoms with Crippen LogP contribution in [0.15, 0.2) is 29.2 Å². The number of aliphatic carboxylic acids is 1. The molecule has 4 heteroatoms. The number of carboxylic acid groups (broad SMARTS) is 1. The average molecular weight is 153 g/mol. The fourth-order valence-corrected chi connectivity index (χ4v) is 0.619. The van der Waals surface area contributed by atoms with Crippen molar-refractivity contribution in [2.24, 2.45) is 0 Å². The van der Waals surface area contributed by atoms with Crippen molar-refractivity contribution in [1.29, 1.82) is 0 Å². The van der Waals surface area contributed by atoms with Crippen molar-refractivity contribution >= 4 is 5.97 Å². The third kappa shape index (κ3) is 1.93. The van der Waals surface area contributed by atoms with Crippen LogP contribution in [-0.2, 0) is 11.2 Å². The molecule has 0 aliphatic heterocycles. The average Bonchev–Trinajstić information content (AvgIpc) is 2.39. The van der Waals surface area contributed by atoms with Crippen LogP contribution in [0.2, 0.25) is 0 Å². The van der Waals surface area contributed by atoms with Gasteiger partial charge in [0.1, 0.15) is 6.26 Å². The summed E-state index contributed by atoms with van der Waals surface area (Å²) in [5.74, 6) is -1.01. The molecule has 1 heterocycles. The van der Waals surface area contributed by atoms with Crippen LogP contribution in [0.5, 0.6) is 0 Å². The van der Waals surface area contributed by atoms with Gasteiger partial charge in [-0.05, 0) is 0 Å². The molecule has 1 N–H and O–H groups in total. The number of carbonyl (C=O) groups is 1. The predicted molar refractivity (Wildman–Crippen MR) is 37.0 cm³/mol. The Balaban J connectivity index is 2.57. The van der Waals surface area contributed by atoms with Crippen LogP contribution < -0.4 is 0 Å². The van der Waals surface area contributed by atoms with Gasteiger partial charge in [-0.3, -0.25) is 0 Å². The first-order valence-electron chi connectivity index (χ1n) is 2.98. The molecule has 0 fully saturated rings. The lowest BCUT2D eigenvalue weighted by Gasteiger charge is -1.93. The van der Waals surface area contributed by atoms with Crippen molar-refractivity contribution in [1.82, 2.24) is 4.98 Å². The van der Waals surface area contributed by atoms with Crippen molar-refractivity contribution in [3.63, 3.8) is 0 Å². The molecule has 0 aliphatic rings. The Bertz CT molecular complexity index is 263. The van der Waals surface area contributed by atoms with Gasteiger partial charge in [0.05, 0.1) is 5.69 Å². The number of carboxylic acids is 1. The highest BCUT2D eigenvalue weighted by atomic mass is 16.4. The molecule has 0 amide bonds. The Labute approximate surface area is 63.2 Å². The molecular formula is C7H7NO3. The van der Waals surface area contributed by atoms with Gasteiger partial charge < -0.3 is 9.52 Å². The van der Waals surface area contributed by atoms with Gasteiger partial charge in [0.15, 0.2) is 6.39 Å². The van der Waals surface area contributed by atoms with Gasteiger partial charge in [-0.15, -0.1) is 0 Å². The van der Waals surface area contributed by atoms with Gasteiger partial charge in [-0.1, -0.05) is 6.58 Å². The summed E-state index contributed by atoms with van der Waals surface area (Å²) in [6.45, 7) is 3.35. The third-order valence-electron chi connectivity index (χ3n) is 1.18. The first kappa shape index (κ1) is 7.53. The molecule has 4 nitrogen and oxygen atoms in total. The summed E-state index contributed by atoms with van der Waals surface area (Å²) in [5, 5.41) is 8.42. The quantitative estimate of drug-likeness (QED) is 0.654. The number of hydrogen-bond donors (Lipinski definition) is 1. The van der Waals surface area contributed by atoms with Crippen molar-refractivity contribution in [3.8, 4) is 0 Å². The summed E-state index contributed by atoms with van der Waals surface area (Å²) in [7, 11) is 0. The first-order valence-corrected chi connectivity index (χ1v) is 2.98. The van der Waals surface area contributed by atoms with E-state index in [1.165, 1.54) is 12.7 Å². The minimum atomic E-state index is -1.01. The van der Waals surface area contributed by atoms with Crippen molar-refractivity contribution < 1.29 is 14.3 Å². The predicted octanol–water partition coefficient (Wildman–Crippen LogP) is 0.858. The van der Waals surface area contributed by atoms with Gasteiger partial charge in [0, 0.05) is 12.0 Å². The van der Waals surface area contributed by atoms with Gasteiger partial charge in [-0.2, -0.15) is 0 Å². The van der Waals surface area contributed by atoms with Crippen LogP contribution in [0.25, 0.3) is 0 Å². The highest BCUT2D eigenvalue weighted by Gasteiger charge is 2.06. The highest BCUT2D eigenvalue weighted by molar-refractivity contribution is 5.86. The molecule has 0 radical (unpaired) electrons. The molecule has 58 valence electrons. The van der Waals surface area contributed by atoms with E-state index in [0.717, 1.165) is 0 Å². The molecule has 1 aromatic heterocycles. The normalized spacial score (nSPS) is 9.45. The van der Waals surface area contributed by atoms with Crippen LogP contribution >= 0.6 is 0 Å². The molecule has 1 rings (SSSR count). The Morgan fingerprint density at radius 2 is 2.55 bits per heavy atom. The minimum Gasteiger partial charge on any atom is -0.478 e. The maximum atomic E-state index is 10.3. The third-order valence-corrected chi connectivity index (χ3v) is 1.18. The molecule has 0 saturated heterocycles. The molecule has 0 atom stereocenters. The maximum Gasteiger partial charge on any atom is 0.331 e. The van der Waals surface area contributed by atoms with E-state index in [9.17, 15) is 4.79 Å². The second kappa shape index (κ2) is 3.01. The number of hydrogen-bond acceptors (Lipinski definition) is 3. The highest BCUT2D eigenvalue weighted by Crippen LogP contribution is 2.02. The van der Waals surface area contributed by atoms with Crippen LogP contribution in [0, 0.1) is 0 Å². The first-order chi connectivity index (χ1) is 5.20. The lowest BCUT2D eigenvalue weighted by atomic mass is 10.2. The van der Waals surface area contributed by atoms with Gasteiger partial charge in [-0.25, -0.2) is 9.78 Å². The monoisotopic (exact) mass is 153 g/mol. The minimum absolute atomic E-state index is 0.110. The summed E-state index contributed by atoms with van der Waals surface area (Å²) < 4.78 is 4.65. The molecule has 0 unspecified atom stereocenters. The molecule has 1 aromatic rings. The number of nitrogens with zero attached hydrogens (tertiary/aromatic N) is 1. The Morgan fingerprint density at radius 1 is 1.82 bits per heavy atom. The van der Waals surface area contributed by atoms with E-state index in [0.29, 0.717) is 5.69 Å². The van der Waals surface area contributed by atoms with E-state index in [-0.39, 0.29) is 12.0 Å². The fraction of sp³-hybridized carbons (Fsp3) is 0.143. The molecule has 0 aromatic carbocycles. The van der Waals surface area contributed by atoms with Crippen molar-refractivity contribution in [3.05, 3.63) is 30.5 Å². The second-order valence-electron chi connectivity index (χ2n) is 2.07. The smallest absolute Gasteiger partial charge is 0.331 e. The topological polar surface area (TPSA) is 63.3 Å². The zero-order valence-electron chi connectivity index (χ0n) is 5.78. The van der Waals surface area contributed by atoms with Gasteiger partial charge in [0.2, 0.25) is 0 Å². The van der Waals surface area contributed by atoms with Gasteiger partial charge in [0.25, 0.3) is 0 Å². The number of aromatic nitrogens is 1. The van der Waals surface area contributed by atoms with E-state index in [4.69, 9.17) is 5.11 Å². The van der Waals surface area contributed by atoms with Crippen molar-refractivity contribution in [2.45, 2.75) is 6.42 Å². The van der Waals surface area contributed by atoms with E-state index >= 15 is 0 Å². The molecule has 0 aliphatic carbocycles. The molecule has 0 bridgehead atoms. The second-order valence-corrected chi connectivity index (χ2v) is 2.07. The number of rotatable bonds is 3. The largest absolute Gasteiger partial charge is 0.478 e. The maximum absolute atomic E-state index is 10.3. The van der Waals surface area contributed by atoms with Crippen molar-refractivity contribution in [2.75, 3.05) is 0 Å². The summed E-state index contributed by atoms with van der Waals surface area (Å²) in [6, 6.07) is 0. The van der Waals surface area contributed by atoms with Crippen LogP contribution in [0.1, 0.15) is 5.69 Å². The SMILES string of the molecule is C=C(Cc1cocn1)C(=O)O. The van der Waals surface area contributed by atoms with Gasteiger partial charge >= 0.3 is 5.97 Å². The molecule has 11 heavy (non-hydrogen) atoms. The van der Waals surface area contributed by atoms with E-state index in [2.05, 4.69) is 16.0 Å².